The van der Waals surface area contributed by atoms with Gasteiger partial charge in [0.05, 0.1) is 12.4 Å². The molecule has 1 aromatic rings. The molecule has 0 fully saturated rings. The van der Waals surface area contributed by atoms with Crippen molar-refractivity contribution < 1.29 is 22.1 Å². The smallest absolute Gasteiger partial charge is 0.496 e. The molecule has 0 saturated carbocycles. The van der Waals surface area contributed by atoms with Crippen LogP contribution in [0.15, 0.2) is 18.2 Å². The van der Waals surface area contributed by atoms with Crippen LogP contribution < -0.4 is 10.2 Å². The second kappa shape index (κ2) is 6.09. The monoisotopic (exact) mass is 264 g/mol. The van der Waals surface area contributed by atoms with Crippen molar-refractivity contribution in [1.82, 2.24) is 4.90 Å². The summed E-state index contributed by atoms with van der Waals surface area (Å²) < 4.78 is 56.0. The first-order chi connectivity index (χ1) is 8.30. The van der Waals surface area contributed by atoms with Crippen molar-refractivity contribution >= 4 is 12.4 Å². The molecule has 102 valence electrons. The molecule has 1 aromatic carbocycles. The Hall–Kier alpha value is -1.24. The highest BCUT2D eigenvalue weighted by atomic mass is 19.4. The standard InChI is InChI=1S/C11H15BF4NO/c1-17(2)6-3-7-18-11-8-9(13)4-5-10(11)12(14,15)16/h4-5,8H,3,6-7H2,1-2H3/q-1. The van der Waals surface area contributed by atoms with E-state index in [0.29, 0.717) is 13.0 Å². The average Bonchev–Trinajstić information content (AvgIpc) is 2.22. The Morgan fingerprint density at radius 3 is 2.44 bits per heavy atom. The van der Waals surface area contributed by atoms with Gasteiger partial charge in [-0.15, -0.1) is 0 Å². The van der Waals surface area contributed by atoms with Crippen LogP contribution >= 0.6 is 0 Å². The summed E-state index contributed by atoms with van der Waals surface area (Å²) in [5.41, 5.74) is -0.888. The molecule has 2 nitrogen and oxygen atoms in total. The number of halogens is 4. The molecule has 0 aliphatic heterocycles. The second-order valence-electron chi connectivity index (χ2n) is 4.26. The normalized spacial score (nSPS) is 11.9. The van der Waals surface area contributed by atoms with Gasteiger partial charge >= 0.3 is 6.98 Å². The quantitative estimate of drug-likeness (QED) is 0.443. The summed E-state index contributed by atoms with van der Waals surface area (Å²) in [6.07, 6.45) is 0.577. The summed E-state index contributed by atoms with van der Waals surface area (Å²) in [5.74, 6) is -1.16. The van der Waals surface area contributed by atoms with Crippen LogP contribution in [0.1, 0.15) is 6.42 Å². The van der Waals surface area contributed by atoms with Gasteiger partial charge in [0.15, 0.2) is 0 Å². The highest BCUT2D eigenvalue weighted by Gasteiger charge is 2.29. The van der Waals surface area contributed by atoms with Gasteiger partial charge in [0.25, 0.3) is 0 Å². The number of nitrogens with zero attached hydrogens (tertiary/aromatic N) is 1. The number of ether oxygens (including phenoxy) is 1. The number of hydrogen-bond acceptors (Lipinski definition) is 2. The molecule has 0 amide bonds. The van der Waals surface area contributed by atoms with Gasteiger partial charge in [-0.2, -0.15) is 0 Å². The third-order valence-electron chi connectivity index (χ3n) is 2.34. The summed E-state index contributed by atoms with van der Waals surface area (Å²) in [6, 6.07) is 2.29. The van der Waals surface area contributed by atoms with Crippen molar-refractivity contribution in [3.8, 4) is 5.75 Å². The summed E-state index contributed by atoms with van der Waals surface area (Å²) >= 11 is 0. The maximum absolute atomic E-state index is 12.9. The zero-order valence-corrected chi connectivity index (χ0v) is 10.3. The van der Waals surface area contributed by atoms with E-state index in [9.17, 15) is 17.3 Å². The van der Waals surface area contributed by atoms with Gasteiger partial charge in [0, 0.05) is 12.6 Å². The van der Waals surface area contributed by atoms with E-state index in [-0.39, 0.29) is 6.61 Å². The third kappa shape index (κ3) is 4.56. The van der Waals surface area contributed by atoms with Crippen LogP contribution in [0.2, 0.25) is 0 Å². The predicted molar refractivity (Wildman–Crippen MR) is 63.8 cm³/mol. The first-order valence-corrected chi connectivity index (χ1v) is 5.57. The van der Waals surface area contributed by atoms with Gasteiger partial charge in [0.1, 0.15) is 5.82 Å². The maximum atomic E-state index is 12.9. The molecule has 0 saturated heterocycles. The average molecular weight is 264 g/mol. The Labute approximate surface area is 104 Å². The molecule has 7 heteroatoms. The Morgan fingerprint density at radius 1 is 1.22 bits per heavy atom. The first-order valence-electron chi connectivity index (χ1n) is 5.57. The van der Waals surface area contributed by atoms with E-state index in [1.54, 1.807) is 0 Å². The Balaban J connectivity index is 2.71. The Morgan fingerprint density at radius 2 is 1.89 bits per heavy atom. The Kier molecular flexibility index (Phi) is 5.01. The van der Waals surface area contributed by atoms with E-state index in [1.807, 2.05) is 19.0 Å². The van der Waals surface area contributed by atoms with Crippen molar-refractivity contribution in [2.24, 2.45) is 0 Å². The van der Waals surface area contributed by atoms with Crippen LogP contribution in [-0.4, -0.2) is 39.1 Å². The fourth-order valence-corrected chi connectivity index (χ4v) is 1.47. The lowest BCUT2D eigenvalue weighted by atomic mass is 9.79. The molecular weight excluding hydrogens is 249 g/mol. The minimum absolute atomic E-state index is 0.126. The Bertz CT molecular complexity index is 395. The molecule has 18 heavy (non-hydrogen) atoms. The van der Waals surface area contributed by atoms with Crippen LogP contribution in [0.3, 0.4) is 0 Å². The highest BCUT2D eigenvalue weighted by Crippen LogP contribution is 2.19. The number of hydrogen-bond donors (Lipinski definition) is 0. The molecule has 0 aliphatic carbocycles. The van der Waals surface area contributed by atoms with Crippen molar-refractivity contribution in [2.45, 2.75) is 6.42 Å². The number of rotatable bonds is 6. The molecule has 0 N–H and O–H groups in total. The molecule has 0 atom stereocenters. The fourth-order valence-electron chi connectivity index (χ4n) is 1.47. The fraction of sp³-hybridized carbons (Fsp3) is 0.455. The van der Waals surface area contributed by atoms with Gasteiger partial charge in [-0.25, -0.2) is 4.39 Å². The molecule has 0 bridgehead atoms. The topological polar surface area (TPSA) is 12.5 Å². The molecule has 1 rings (SSSR count). The van der Waals surface area contributed by atoms with E-state index in [0.717, 1.165) is 18.2 Å². The van der Waals surface area contributed by atoms with Crippen LogP contribution in [0.25, 0.3) is 0 Å². The minimum Gasteiger partial charge on any atom is -0.496 e. The van der Waals surface area contributed by atoms with Crippen LogP contribution in [0.4, 0.5) is 17.3 Å². The van der Waals surface area contributed by atoms with Gasteiger partial charge in [-0.05, 0) is 26.6 Å². The SMILES string of the molecule is CN(C)CCCOc1cc(F)ccc1[B-](F)(F)F. The zero-order valence-electron chi connectivity index (χ0n) is 10.3. The van der Waals surface area contributed by atoms with Gasteiger partial charge < -0.3 is 22.6 Å². The molecule has 0 radical (unpaired) electrons. The minimum atomic E-state index is -5.19. The highest BCUT2D eigenvalue weighted by molar-refractivity contribution is 6.74. The largest absolute Gasteiger partial charge is 0.513 e. The first kappa shape index (κ1) is 14.8. The molecule has 0 heterocycles. The van der Waals surface area contributed by atoms with Gasteiger partial charge in [0.2, 0.25) is 0 Å². The van der Waals surface area contributed by atoms with E-state index in [4.69, 9.17) is 4.74 Å². The van der Waals surface area contributed by atoms with E-state index >= 15 is 0 Å². The van der Waals surface area contributed by atoms with E-state index in [2.05, 4.69) is 0 Å². The van der Waals surface area contributed by atoms with Gasteiger partial charge in [-0.1, -0.05) is 11.5 Å². The predicted octanol–water partition coefficient (Wildman–Crippen LogP) is 2.21. The van der Waals surface area contributed by atoms with E-state index < -0.39 is 24.0 Å². The van der Waals surface area contributed by atoms with Crippen molar-refractivity contribution in [3.63, 3.8) is 0 Å². The van der Waals surface area contributed by atoms with Crippen LogP contribution in [-0.2, 0) is 0 Å². The maximum Gasteiger partial charge on any atom is 0.513 e. The molecule has 0 aromatic heterocycles. The summed E-state index contributed by atoms with van der Waals surface area (Å²) in [5, 5.41) is 0. The summed E-state index contributed by atoms with van der Waals surface area (Å²) in [6.45, 7) is -4.37. The lowest BCUT2D eigenvalue weighted by Crippen LogP contribution is -2.35. The lowest BCUT2D eigenvalue weighted by Gasteiger charge is -2.20. The molecule has 0 unspecified atom stereocenters. The van der Waals surface area contributed by atoms with Crippen LogP contribution in [0, 0.1) is 5.82 Å². The molecule has 0 spiro atoms. The van der Waals surface area contributed by atoms with Crippen LogP contribution in [0.5, 0.6) is 5.75 Å². The summed E-state index contributed by atoms with van der Waals surface area (Å²) in [4.78, 5) is 1.89. The lowest BCUT2D eigenvalue weighted by molar-refractivity contribution is 0.281. The summed E-state index contributed by atoms with van der Waals surface area (Å²) in [7, 11) is 3.71. The van der Waals surface area contributed by atoms with Crippen molar-refractivity contribution in [3.05, 3.63) is 24.0 Å². The molecule has 0 aliphatic rings. The van der Waals surface area contributed by atoms with Crippen molar-refractivity contribution in [2.75, 3.05) is 27.2 Å². The van der Waals surface area contributed by atoms with Crippen molar-refractivity contribution in [1.29, 1.82) is 0 Å². The second-order valence-corrected chi connectivity index (χ2v) is 4.26. The third-order valence-corrected chi connectivity index (χ3v) is 2.34. The van der Waals surface area contributed by atoms with E-state index in [1.165, 1.54) is 0 Å². The molecular formula is C11H15BF4NO-. The zero-order chi connectivity index (χ0) is 13.8. The number of benzene rings is 1. The van der Waals surface area contributed by atoms with Gasteiger partial charge in [-0.3, -0.25) is 0 Å².